The summed E-state index contributed by atoms with van der Waals surface area (Å²) >= 11 is 0. The summed E-state index contributed by atoms with van der Waals surface area (Å²) in [6.45, 7) is 0. The Balaban J connectivity index is 1.39. The molecular formula is C29H24N2O3. The largest absolute Gasteiger partial charge is 0.304 e. The van der Waals surface area contributed by atoms with Crippen LogP contribution in [0.1, 0.15) is 18.0 Å². The first-order valence-corrected chi connectivity index (χ1v) is 11.7. The number of imide groups is 1. The van der Waals surface area contributed by atoms with Crippen molar-refractivity contribution in [3.8, 4) is 0 Å². The topological polar surface area (TPSA) is 57.7 Å². The van der Waals surface area contributed by atoms with Gasteiger partial charge in [0.2, 0.25) is 17.7 Å². The Morgan fingerprint density at radius 3 is 1.85 bits per heavy atom. The van der Waals surface area contributed by atoms with Crippen LogP contribution in [0.25, 0.3) is 0 Å². The minimum absolute atomic E-state index is 0.00577. The molecule has 0 radical (unpaired) electrons. The fraction of sp³-hybridized carbons (Fsp3) is 0.207. The third-order valence-electron chi connectivity index (χ3n) is 7.39. The molecule has 5 nitrogen and oxygen atoms in total. The van der Waals surface area contributed by atoms with E-state index in [0.29, 0.717) is 12.1 Å². The van der Waals surface area contributed by atoms with Gasteiger partial charge in [-0.05, 0) is 36.2 Å². The smallest absolute Gasteiger partial charge is 0.238 e. The molecule has 3 aliphatic rings. The summed E-state index contributed by atoms with van der Waals surface area (Å²) in [5, 5.41) is 0. The van der Waals surface area contributed by atoms with Crippen molar-refractivity contribution in [1.29, 1.82) is 0 Å². The van der Waals surface area contributed by atoms with Gasteiger partial charge in [0.05, 0.1) is 29.5 Å². The molecule has 0 bridgehead atoms. The lowest BCUT2D eigenvalue weighted by atomic mass is 9.64. The molecule has 2 saturated heterocycles. The van der Waals surface area contributed by atoms with E-state index in [9.17, 15) is 14.4 Å². The molecule has 0 unspecified atom stereocenters. The summed E-state index contributed by atoms with van der Waals surface area (Å²) in [7, 11) is 0. The molecule has 2 fully saturated rings. The van der Waals surface area contributed by atoms with Crippen LogP contribution in [-0.2, 0) is 14.4 Å². The SMILES string of the molecule is O=C1[C@H]2[C@@H]([C@@H]3C(=O)N(c4ccccc4)[C@H]3c3ccccc3)C=CC[C@H]2C(=O)N1c1ccccc1. The summed E-state index contributed by atoms with van der Waals surface area (Å²) in [5.41, 5.74) is 2.47. The number of anilines is 2. The predicted octanol–water partition coefficient (Wildman–Crippen LogP) is 4.77. The number of rotatable bonds is 4. The summed E-state index contributed by atoms with van der Waals surface area (Å²) in [5.74, 6) is -2.07. The molecule has 0 aromatic heterocycles. The number of β-lactam (4-membered cyclic amide) rings is 1. The van der Waals surface area contributed by atoms with E-state index in [-0.39, 0.29) is 29.7 Å². The molecule has 34 heavy (non-hydrogen) atoms. The number of amides is 3. The molecule has 0 spiro atoms. The third-order valence-corrected chi connectivity index (χ3v) is 7.39. The molecule has 3 amide bonds. The van der Waals surface area contributed by atoms with Gasteiger partial charge in [-0.3, -0.25) is 19.3 Å². The normalized spacial score (nSPS) is 28.1. The number of hydrogen-bond donors (Lipinski definition) is 0. The van der Waals surface area contributed by atoms with Crippen LogP contribution in [0.15, 0.2) is 103 Å². The quantitative estimate of drug-likeness (QED) is 0.328. The van der Waals surface area contributed by atoms with E-state index in [1.165, 1.54) is 4.90 Å². The highest BCUT2D eigenvalue weighted by Gasteiger charge is 2.60. The average molecular weight is 449 g/mol. The van der Waals surface area contributed by atoms with Gasteiger partial charge in [-0.1, -0.05) is 78.9 Å². The van der Waals surface area contributed by atoms with Gasteiger partial charge in [-0.2, -0.15) is 0 Å². The lowest BCUT2D eigenvalue weighted by molar-refractivity contribution is -0.135. The number of carbonyl (C=O) groups is 3. The van der Waals surface area contributed by atoms with Crippen molar-refractivity contribution >= 4 is 29.1 Å². The van der Waals surface area contributed by atoms with Gasteiger partial charge >= 0.3 is 0 Å². The number of para-hydroxylation sites is 2. The molecule has 2 heterocycles. The second kappa shape index (κ2) is 8.10. The van der Waals surface area contributed by atoms with Gasteiger partial charge in [0.15, 0.2) is 0 Å². The highest BCUT2D eigenvalue weighted by Crippen LogP contribution is 2.53. The molecule has 3 aromatic rings. The number of benzene rings is 3. The maximum Gasteiger partial charge on any atom is 0.238 e. The van der Waals surface area contributed by atoms with E-state index in [2.05, 4.69) is 0 Å². The molecule has 5 heteroatoms. The predicted molar refractivity (Wildman–Crippen MR) is 130 cm³/mol. The molecule has 0 N–H and O–H groups in total. The summed E-state index contributed by atoms with van der Waals surface area (Å²) in [6.07, 6.45) is 4.50. The van der Waals surface area contributed by atoms with Crippen molar-refractivity contribution in [3.05, 3.63) is 109 Å². The zero-order chi connectivity index (χ0) is 23.2. The van der Waals surface area contributed by atoms with Crippen LogP contribution in [0.4, 0.5) is 11.4 Å². The van der Waals surface area contributed by atoms with Crippen molar-refractivity contribution in [2.24, 2.45) is 23.7 Å². The lowest BCUT2D eigenvalue weighted by Gasteiger charge is -2.51. The van der Waals surface area contributed by atoms with Crippen LogP contribution in [0.3, 0.4) is 0 Å². The van der Waals surface area contributed by atoms with Crippen LogP contribution >= 0.6 is 0 Å². The van der Waals surface area contributed by atoms with E-state index in [1.54, 1.807) is 12.1 Å². The number of fused-ring (bicyclic) bond motifs is 1. The molecule has 5 atom stereocenters. The van der Waals surface area contributed by atoms with Gasteiger partial charge in [0.1, 0.15) is 0 Å². The van der Waals surface area contributed by atoms with Gasteiger partial charge in [0, 0.05) is 11.6 Å². The molecule has 6 rings (SSSR count). The van der Waals surface area contributed by atoms with E-state index >= 15 is 0 Å². The van der Waals surface area contributed by atoms with Crippen LogP contribution in [0.5, 0.6) is 0 Å². The first-order valence-electron chi connectivity index (χ1n) is 11.7. The second-order valence-electron chi connectivity index (χ2n) is 9.15. The standard InChI is InChI=1S/C29H24N2O3/c32-27-23-18-10-17-22(24(23)28(33)31(27)21-15-8-3-9-16-21)25-26(19-11-4-1-5-12-19)30(29(25)34)20-13-6-2-7-14-20/h1-17,22-26H,18H2/t22-,23+,24-,25-,26-/m0/s1. The number of hydrogen-bond acceptors (Lipinski definition) is 3. The minimum Gasteiger partial charge on any atom is -0.304 e. The highest BCUT2D eigenvalue weighted by atomic mass is 16.2. The Bertz CT molecular complexity index is 1270. The van der Waals surface area contributed by atoms with Crippen LogP contribution in [-0.4, -0.2) is 17.7 Å². The van der Waals surface area contributed by atoms with Gasteiger partial charge in [-0.25, -0.2) is 0 Å². The fourth-order valence-electron chi connectivity index (χ4n) is 5.88. The lowest BCUT2D eigenvalue weighted by Crippen LogP contribution is -2.59. The van der Waals surface area contributed by atoms with Crippen LogP contribution < -0.4 is 9.80 Å². The van der Waals surface area contributed by atoms with E-state index in [1.807, 2.05) is 95.9 Å². The van der Waals surface area contributed by atoms with E-state index in [4.69, 9.17) is 0 Å². The summed E-state index contributed by atoms with van der Waals surface area (Å²) < 4.78 is 0. The van der Waals surface area contributed by atoms with Crippen LogP contribution in [0.2, 0.25) is 0 Å². The minimum atomic E-state index is -0.532. The Hall–Kier alpha value is -3.99. The Kier molecular flexibility index (Phi) is 4.91. The average Bonchev–Trinajstić information content (AvgIpc) is 3.14. The molecule has 168 valence electrons. The van der Waals surface area contributed by atoms with E-state index < -0.39 is 17.8 Å². The van der Waals surface area contributed by atoms with Crippen molar-refractivity contribution < 1.29 is 14.4 Å². The molecule has 0 saturated carbocycles. The Morgan fingerprint density at radius 2 is 1.21 bits per heavy atom. The van der Waals surface area contributed by atoms with Gasteiger partial charge < -0.3 is 4.90 Å². The van der Waals surface area contributed by atoms with E-state index in [0.717, 1.165) is 11.3 Å². The molecule has 2 aliphatic heterocycles. The van der Waals surface area contributed by atoms with Gasteiger partial charge in [0.25, 0.3) is 0 Å². The second-order valence-corrected chi connectivity index (χ2v) is 9.15. The summed E-state index contributed by atoms with van der Waals surface area (Å²) in [4.78, 5) is 43.8. The number of allylic oxidation sites excluding steroid dienone is 2. The van der Waals surface area contributed by atoms with Crippen molar-refractivity contribution in [1.82, 2.24) is 0 Å². The fourth-order valence-corrected chi connectivity index (χ4v) is 5.88. The maximum absolute atomic E-state index is 13.7. The highest BCUT2D eigenvalue weighted by molar-refractivity contribution is 6.22. The van der Waals surface area contributed by atoms with Crippen molar-refractivity contribution in [3.63, 3.8) is 0 Å². The number of carbonyl (C=O) groups excluding carboxylic acids is 3. The van der Waals surface area contributed by atoms with Gasteiger partial charge in [-0.15, -0.1) is 0 Å². The van der Waals surface area contributed by atoms with Crippen LogP contribution in [0, 0.1) is 23.7 Å². The zero-order valence-corrected chi connectivity index (χ0v) is 18.5. The summed E-state index contributed by atoms with van der Waals surface area (Å²) in [6, 6.07) is 28.5. The third kappa shape index (κ3) is 3.04. The molecule has 3 aromatic carbocycles. The first-order chi connectivity index (χ1) is 16.7. The zero-order valence-electron chi connectivity index (χ0n) is 18.5. The maximum atomic E-state index is 13.7. The molecular weight excluding hydrogens is 424 g/mol. The van der Waals surface area contributed by atoms with Crippen molar-refractivity contribution in [2.45, 2.75) is 12.5 Å². The first kappa shape index (κ1) is 20.6. The number of nitrogens with zero attached hydrogens (tertiary/aromatic N) is 2. The monoisotopic (exact) mass is 448 g/mol. The Labute approximate surface area is 198 Å². The molecule has 1 aliphatic carbocycles. The Morgan fingerprint density at radius 1 is 0.618 bits per heavy atom. The van der Waals surface area contributed by atoms with Crippen molar-refractivity contribution in [2.75, 3.05) is 9.80 Å².